The molecule has 0 aromatic rings. The second kappa shape index (κ2) is 5.92. The van der Waals surface area contributed by atoms with Crippen molar-refractivity contribution in [2.45, 2.75) is 89.9 Å². The average molecular weight is 253 g/mol. The molecule has 1 aliphatic carbocycles. The molecule has 1 N–H and O–H groups in total. The third-order valence-corrected chi connectivity index (χ3v) is 5.46. The highest BCUT2D eigenvalue weighted by molar-refractivity contribution is 4.93. The van der Waals surface area contributed by atoms with Crippen molar-refractivity contribution in [2.75, 3.05) is 6.54 Å². The van der Waals surface area contributed by atoms with E-state index in [9.17, 15) is 0 Å². The Kier molecular flexibility index (Phi) is 4.71. The van der Waals surface area contributed by atoms with Gasteiger partial charge in [0.25, 0.3) is 0 Å². The van der Waals surface area contributed by atoms with Gasteiger partial charge in [-0.3, -0.25) is 5.32 Å². The molecular weight excluding hydrogens is 222 g/mol. The first-order valence-electron chi connectivity index (χ1n) is 8.13. The summed E-state index contributed by atoms with van der Waals surface area (Å²) in [4.78, 5) is 0. The van der Waals surface area contributed by atoms with Gasteiger partial charge in [0.2, 0.25) is 0 Å². The number of nitrogens with one attached hydrogen (secondary N) is 1. The van der Waals surface area contributed by atoms with E-state index in [-0.39, 0.29) is 11.3 Å². The lowest BCUT2D eigenvalue weighted by Gasteiger charge is -2.49. The molecule has 0 aromatic heterocycles. The molecule has 0 aromatic carbocycles. The number of hydrogen-bond acceptors (Lipinski definition) is 2. The lowest BCUT2D eigenvalue weighted by atomic mass is 9.88. The van der Waals surface area contributed by atoms with Crippen molar-refractivity contribution in [2.24, 2.45) is 5.92 Å². The van der Waals surface area contributed by atoms with Crippen LogP contribution in [0.25, 0.3) is 0 Å². The molecule has 2 heteroatoms. The number of ether oxygens (including phenoxy) is 1. The van der Waals surface area contributed by atoms with Crippen LogP contribution in [0, 0.1) is 5.92 Å². The first-order chi connectivity index (χ1) is 8.67. The molecule has 1 saturated heterocycles. The van der Waals surface area contributed by atoms with E-state index in [1.165, 1.54) is 44.9 Å². The minimum absolute atomic E-state index is 0.00812. The van der Waals surface area contributed by atoms with Crippen molar-refractivity contribution in [3.05, 3.63) is 0 Å². The molecule has 1 heterocycles. The van der Waals surface area contributed by atoms with Gasteiger partial charge in [-0.25, -0.2) is 0 Å². The summed E-state index contributed by atoms with van der Waals surface area (Å²) in [6.07, 6.45) is 11.3. The summed E-state index contributed by atoms with van der Waals surface area (Å²) in [6, 6.07) is 0. The van der Waals surface area contributed by atoms with Gasteiger partial charge in [-0.15, -0.1) is 0 Å². The van der Waals surface area contributed by atoms with Crippen molar-refractivity contribution in [3.63, 3.8) is 0 Å². The zero-order valence-corrected chi connectivity index (χ0v) is 12.6. The topological polar surface area (TPSA) is 21.3 Å². The van der Waals surface area contributed by atoms with E-state index in [2.05, 4.69) is 26.1 Å². The molecule has 1 saturated carbocycles. The molecular formula is C16H31NO. The van der Waals surface area contributed by atoms with Crippen LogP contribution in [0.15, 0.2) is 0 Å². The minimum atomic E-state index is 0.00812. The van der Waals surface area contributed by atoms with Crippen molar-refractivity contribution >= 4 is 0 Å². The first kappa shape index (κ1) is 14.3. The van der Waals surface area contributed by atoms with Gasteiger partial charge in [-0.05, 0) is 50.9 Å². The van der Waals surface area contributed by atoms with Crippen LogP contribution in [-0.4, -0.2) is 17.9 Å². The van der Waals surface area contributed by atoms with Gasteiger partial charge in [0.05, 0.1) is 5.60 Å². The van der Waals surface area contributed by atoms with Crippen molar-refractivity contribution in [3.8, 4) is 0 Å². The Bertz CT molecular complexity index is 262. The van der Waals surface area contributed by atoms with Crippen LogP contribution in [0.1, 0.15) is 78.6 Å². The maximum absolute atomic E-state index is 6.66. The quantitative estimate of drug-likeness (QED) is 0.812. The fourth-order valence-electron chi connectivity index (χ4n) is 3.84. The molecule has 106 valence electrons. The fourth-order valence-corrected chi connectivity index (χ4v) is 3.84. The molecule has 2 nitrogen and oxygen atoms in total. The van der Waals surface area contributed by atoms with E-state index in [1.807, 2.05) is 0 Å². The van der Waals surface area contributed by atoms with E-state index in [0.717, 1.165) is 25.3 Å². The van der Waals surface area contributed by atoms with Gasteiger partial charge < -0.3 is 4.74 Å². The summed E-state index contributed by atoms with van der Waals surface area (Å²) in [5, 5.41) is 3.72. The Morgan fingerprint density at radius 1 is 1.06 bits per heavy atom. The maximum Gasteiger partial charge on any atom is 0.120 e. The van der Waals surface area contributed by atoms with Crippen LogP contribution < -0.4 is 5.32 Å². The van der Waals surface area contributed by atoms with E-state index >= 15 is 0 Å². The Balaban J connectivity index is 2.06. The highest BCUT2D eigenvalue weighted by atomic mass is 16.5. The van der Waals surface area contributed by atoms with E-state index in [0.29, 0.717) is 0 Å². The Hall–Kier alpha value is -0.0800. The number of rotatable bonds is 3. The third kappa shape index (κ3) is 2.91. The summed E-state index contributed by atoms with van der Waals surface area (Å²) in [5.74, 6) is 0.925. The van der Waals surface area contributed by atoms with E-state index < -0.39 is 0 Å². The van der Waals surface area contributed by atoms with Gasteiger partial charge >= 0.3 is 0 Å². The summed E-state index contributed by atoms with van der Waals surface area (Å²) in [6.45, 7) is 8.04. The zero-order chi connectivity index (χ0) is 13.1. The molecule has 2 aliphatic rings. The summed E-state index contributed by atoms with van der Waals surface area (Å²) < 4.78 is 6.66. The summed E-state index contributed by atoms with van der Waals surface area (Å²) in [5.41, 5.74) is 0.158. The first-order valence-corrected chi connectivity index (χ1v) is 8.13. The molecule has 0 bridgehead atoms. The van der Waals surface area contributed by atoms with Crippen LogP contribution in [-0.2, 0) is 4.74 Å². The normalized spacial score (nSPS) is 36.5. The second-order valence-corrected chi connectivity index (χ2v) is 6.37. The van der Waals surface area contributed by atoms with Gasteiger partial charge in [-0.2, -0.15) is 0 Å². The molecule has 2 atom stereocenters. The standard InChI is InChI=1S/C16H31NO/c1-4-14-8-7-10-16(11-9-14)17-13-12-15(5-2,6-3)18-16/h14,17H,4-13H2,1-3H3. The predicted octanol–water partition coefficient (Wildman–Crippen LogP) is 4.24. The maximum atomic E-state index is 6.66. The van der Waals surface area contributed by atoms with Gasteiger partial charge in [0.1, 0.15) is 5.72 Å². The summed E-state index contributed by atoms with van der Waals surface area (Å²) in [7, 11) is 0. The lowest BCUT2D eigenvalue weighted by Crippen LogP contribution is -2.59. The largest absolute Gasteiger partial charge is 0.354 e. The minimum Gasteiger partial charge on any atom is -0.354 e. The monoisotopic (exact) mass is 253 g/mol. The highest BCUT2D eigenvalue weighted by Crippen LogP contribution is 2.40. The van der Waals surface area contributed by atoms with Crippen LogP contribution in [0.2, 0.25) is 0 Å². The molecule has 2 fully saturated rings. The van der Waals surface area contributed by atoms with Crippen molar-refractivity contribution in [1.82, 2.24) is 5.32 Å². The van der Waals surface area contributed by atoms with Gasteiger partial charge in [0, 0.05) is 6.54 Å². The van der Waals surface area contributed by atoms with Crippen LogP contribution in [0.5, 0.6) is 0 Å². The molecule has 0 radical (unpaired) electrons. The molecule has 2 rings (SSSR count). The molecule has 18 heavy (non-hydrogen) atoms. The Labute approximate surface area is 113 Å². The predicted molar refractivity (Wildman–Crippen MR) is 76.6 cm³/mol. The average Bonchev–Trinajstić information content (AvgIpc) is 2.61. The van der Waals surface area contributed by atoms with E-state index in [4.69, 9.17) is 4.74 Å². The smallest absolute Gasteiger partial charge is 0.120 e. The molecule has 1 aliphatic heterocycles. The fraction of sp³-hybridized carbons (Fsp3) is 1.00. The lowest BCUT2D eigenvalue weighted by molar-refractivity contribution is -0.209. The Morgan fingerprint density at radius 2 is 1.83 bits per heavy atom. The molecule has 0 amide bonds. The zero-order valence-electron chi connectivity index (χ0n) is 12.6. The Morgan fingerprint density at radius 3 is 2.50 bits per heavy atom. The van der Waals surface area contributed by atoms with E-state index in [1.54, 1.807) is 0 Å². The SMILES string of the molecule is CCC1CCCC2(CC1)NCCC(CC)(CC)O2. The molecule has 1 spiro atoms. The highest BCUT2D eigenvalue weighted by Gasteiger charge is 2.44. The van der Waals surface area contributed by atoms with Crippen molar-refractivity contribution < 1.29 is 4.74 Å². The number of hydrogen-bond donors (Lipinski definition) is 1. The summed E-state index contributed by atoms with van der Waals surface area (Å²) >= 11 is 0. The van der Waals surface area contributed by atoms with Crippen LogP contribution in [0.4, 0.5) is 0 Å². The van der Waals surface area contributed by atoms with Crippen molar-refractivity contribution in [1.29, 1.82) is 0 Å². The molecule has 2 unspecified atom stereocenters. The van der Waals surface area contributed by atoms with Gasteiger partial charge in [-0.1, -0.05) is 33.6 Å². The van der Waals surface area contributed by atoms with Crippen LogP contribution >= 0.6 is 0 Å². The second-order valence-electron chi connectivity index (χ2n) is 6.37. The van der Waals surface area contributed by atoms with Gasteiger partial charge in [0.15, 0.2) is 0 Å². The van der Waals surface area contributed by atoms with Crippen LogP contribution in [0.3, 0.4) is 0 Å². The third-order valence-electron chi connectivity index (χ3n) is 5.46.